The molecule has 5 heteroatoms. The van der Waals surface area contributed by atoms with E-state index < -0.39 is 5.97 Å². The molecule has 3 rings (SSSR count). The summed E-state index contributed by atoms with van der Waals surface area (Å²) < 4.78 is 11.2. The Labute approximate surface area is 179 Å². The monoisotopic (exact) mass is 406 g/mol. The molecule has 0 aromatic heterocycles. The molecule has 0 spiro atoms. The number of benzene rings is 2. The highest BCUT2D eigenvalue weighted by Crippen LogP contribution is 2.22. The molecule has 0 aliphatic carbocycles. The van der Waals surface area contributed by atoms with Gasteiger partial charge in [-0.05, 0) is 54.5 Å². The van der Waals surface area contributed by atoms with Gasteiger partial charge in [0, 0.05) is 25.3 Å². The molecule has 1 aliphatic rings. The number of nitrogens with zero attached hydrogens (tertiary/aromatic N) is 2. The van der Waals surface area contributed by atoms with Crippen molar-refractivity contribution < 1.29 is 14.3 Å². The second-order valence-electron chi connectivity index (χ2n) is 7.61. The van der Waals surface area contributed by atoms with Crippen LogP contribution in [0.2, 0.25) is 0 Å². The zero-order chi connectivity index (χ0) is 21.3. The van der Waals surface area contributed by atoms with Gasteiger partial charge in [-0.1, -0.05) is 44.7 Å². The van der Waals surface area contributed by atoms with E-state index in [1.165, 1.54) is 25.7 Å². The zero-order valence-electron chi connectivity index (χ0n) is 18.1. The molecule has 2 aromatic carbocycles. The average molecular weight is 407 g/mol. The fourth-order valence-electron chi connectivity index (χ4n) is 3.15. The third kappa shape index (κ3) is 5.96. The van der Waals surface area contributed by atoms with Gasteiger partial charge in [0.2, 0.25) is 5.90 Å². The number of anilines is 1. The Balaban J connectivity index is 1.60. The van der Waals surface area contributed by atoms with Gasteiger partial charge in [-0.25, -0.2) is 9.79 Å². The third-order valence-electron chi connectivity index (χ3n) is 4.95. The Morgan fingerprint density at radius 2 is 1.67 bits per heavy atom. The molecule has 1 aliphatic heterocycles. The highest BCUT2D eigenvalue weighted by atomic mass is 16.6. The van der Waals surface area contributed by atoms with Crippen LogP contribution in [0.5, 0.6) is 5.75 Å². The van der Waals surface area contributed by atoms with Crippen molar-refractivity contribution in [2.45, 2.75) is 39.0 Å². The molecular formula is C25H30N2O3. The number of rotatable bonds is 10. The Morgan fingerprint density at radius 3 is 2.33 bits per heavy atom. The standard InChI is InChI=1S/C25H30N2O3/c1-4-5-6-7-8-17-29-22-15-11-20(12-16-22)24-26-23(25(28)30-24)18-19-9-13-21(14-10-19)27(2)3/h9-16,18H,4-8,17H2,1-3H3/b23-18-. The number of aliphatic imine (C=N–C) groups is 1. The molecule has 0 atom stereocenters. The molecule has 0 saturated carbocycles. The van der Waals surface area contributed by atoms with Crippen molar-refractivity contribution >= 4 is 23.6 Å². The van der Waals surface area contributed by atoms with E-state index in [-0.39, 0.29) is 0 Å². The molecule has 0 radical (unpaired) electrons. The van der Waals surface area contributed by atoms with E-state index in [1.807, 2.05) is 67.5 Å². The van der Waals surface area contributed by atoms with Crippen LogP contribution in [-0.2, 0) is 9.53 Å². The summed E-state index contributed by atoms with van der Waals surface area (Å²) in [6, 6.07) is 15.4. The fourth-order valence-corrected chi connectivity index (χ4v) is 3.15. The summed E-state index contributed by atoms with van der Waals surface area (Å²) in [5.41, 5.74) is 3.05. The molecule has 0 fully saturated rings. The molecule has 0 amide bonds. The van der Waals surface area contributed by atoms with Gasteiger partial charge in [-0.3, -0.25) is 0 Å². The van der Waals surface area contributed by atoms with E-state index in [1.54, 1.807) is 6.08 Å². The summed E-state index contributed by atoms with van der Waals surface area (Å²) in [5, 5.41) is 0. The minimum atomic E-state index is -0.436. The summed E-state index contributed by atoms with van der Waals surface area (Å²) in [6.07, 6.45) is 7.80. The van der Waals surface area contributed by atoms with Gasteiger partial charge >= 0.3 is 5.97 Å². The highest BCUT2D eigenvalue weighted by molar-refractivity contribution is 6.12. The molecule has 5 nitrogen and oxygen atoms in total. The first-order valence-electron chi connectivity index (χ1n) is 10.6. The van der Waals surface area contributed by atoms with Crippen LogP contribution < -0.4 is 9.64 Å². The maximum Gasteiger partial charge on any atom is 0.363 e. The Hall–Kier alpha value is -3.08. The maximum absolute atomic E-state index is 12.2. The highest BCUT2D eigenvalue weighted by Gasteiger charge is 2.24. The normalized spacial score (nSPS) is 14.6. The molecule has 1 heterocycles. The minimum absolute atomic E-state index is 0.301. The van der Waals surface area contributed by atoms with Crippen LogP contribution in [0.25, 0.3) is 6.08 Å². The number of carbonyl (C=O) groups is 1. The van der Waals surface area contributed by atoms with E-state index in [0.717, 1.165) is 35.6 Å². The lowest BCUT2D eigenvalue weighted by atomic mass is 10.1. The van der Waals surface area contributed by atoms with Crippen LogP contribution in [-0.4, -0.2) is 32.6 Å². The van der Waals surface area contributed by atoms with Crippen LogP contribution in [0.4, 0.5) is 5.69 Å². The van der Waals surface area contributed by atoms with Gasteiger partial charge in [-0.2, -0.15) is 0 Å². The third-order valence-corrected chi connectivity index (χ3v) is 4.95. The van der Waals surface area contributed by atoms with E-state index in [2.05, 4.69) is 11.9 Å². The predicted molar refractivity (Wildman–Crippen MR) is 122 cm³/mol. The SMILES string of the molecule is CCCCCCCOc1ccc(C2=N/C(=C\c3ccc(N(C)C)cc3)C(=O)O2)cc1. The Bertz CT molecular complexity index is 897. The van der Waals surface area contributed by atoms with Crippen LogP contribution in [0, 0.1) is 0 Å². The first-order chi connectivity index (χ1) is 14.6. The largest absolute Gasteiger partial charge is 0.494 e. The predicted octanol–water partition coefficient (Wildman–Crippen LogP) is 5.45. The van der Waals surface area contributed by atoms with E-state index in [4.69, 9.17) is 9.47 Å². The molecule has 0 N–H and O–H groups in total. The molecule has 30 heavy (non-hydrogen) atoms. The summed E-state index contributed by atoms with van der Waals surface area (Å²) in [4.78, 5) is 18.6. The number of cyclic esters (lactones) is 1. The van der Waals surface area contributed by atoms with Crippen molar-refractivity contribution in [1.29, 1.82) is 0 Å². The first-order valence-corrected chi connectivity index (χ1v) is 10.6. The van der Waals surface area contributed by atoms with E-state index in [9.17, 15) is 4.79 Å². The zero-order valence-corrected chi connectivity index (χ0v) is 18.1. The summed E-state index contributed by atoms with van der Waals surface area (Å²) in [5.74, 6) is 0.701. The smallest absolute Gasteiger partial charge is 0.363 e. The van der Waals surface area contributed by atoms with Crippen molar-refractivity contribution in [2.75, 3.05) is 25.6 Å². The van der Waals surface area contributed by atoms with E-state index >= 15 is 0 Å². The minimum Gasteiger partial charge on any atom is -0.494 e. The molecule has 0 bridgehead atoms. The number of hydrogen-bond donors (Lipinski definition) is 0. The van der Waals surface area contributed by atoms with Gasteiger partial charge in [0.25, 0.3) is 0 Å². The van der Waals surface area contributed by atoms with Crippen molar-refractivity contribution in [3.05, 3.63) is 65.4 Å². The van der Waals surface area contributed by atoms with Crippen molar-refractivity contribution in [3.63, 3.8) is 0 Å². The summed E-state index contributed by atoms with van der Waals surface area (Å²) in [6.45, 7) is 2.93. The van der Waals surface area contributed by atoms with Gasteiger partial charge in [0.05, 0.1) is 6.61 Å². The van der Waals surface area contributed by atoms with Gasteiger partial charge < -0.3 is 14.4 Å². The van der Waals surface area contributed by atoms with Gasteiger partial charge in [-0.15, -0.1) is 0 Å². The van der Waals surface area contributed by atoms with Crippen molar-refractivity contribution in [3.8, 4) is 5.75 Å². The molecular weight excluding hydrogens is 376 g/mol. The Kier molecular flexibility index (Phi) is 7.66. The van der Waals surface area contributed by atoms with Gasteiger partial charge in [0.15, 0.2) is 5.70 Å². The number of unbranched alkanes of at least 4 members (excludes halogenated alkanes) is 4. The van der Waals surface area contributed by atoms with Crippen LogP contribution in [0.15, 0.2) is 59.2 Å². The quantitative estimate of drug-likeness (QED) is 0.299. The number of hydrogen-bond acceptors (Lipinski definition) is 5. The molecule has 0 saturated heterocycles. The summed E-state index contributed by atoms with van der Waals surface area (Å²) >= 11 is 0. The van der Waals surface area contributed by atoms with E-state index in [0.29, 0.717) is 11.6 Å². The first kappa shape index (κ1) is 21.6. The van der Waals surface area contributed by atoms with Crippen LogP contribution in [0.1, 0.15) is 50.2 Å². The molecule has 2 aromatic rings. The average Bonchev–Trinajstić information content (AvgIpc) is 3.11. The van der Waals surface area contributed by atoms with Crippen LogP contribution in [0.3, 0.4) is 0 Å². The summed E-state index contributed by atoms with van der Waals surface area (Å²) in [7, 11) is 3.98. The van der Waals surface area contributed by atoms with Gasteiger partial charge in [0.1, 0.15) is 5.75 Å². The second-order valence-corrected chi connectivity index (χ2v) is 7.61. The number of esters is 1. The van der Waals surface area contributed by atoms with Crippen molar-refractivity contribution in [1.82, 2.24) is 0 Å². The van der Waals surface area contributed by atoms with Crippen molar-refractivity contribution in [2.24, 2.45) is 4.99 Å². The Morgan fingerprint density at radius 1 is 0.967 bits per heavy atom. The van der Waals surface area contributed by atoms with Crippen LogP contribution >= 0.6 is 0 Å². The number of carbonyl (C=O) groups excluding carboxylic acids is 1. The number of ether oxygens (including phenoxy) is 2. The fraction of sp³-hybridized carbons (Fsp3) is 0.360. The molecule has 158 valence electrons. The lowest BCUT2D eigenvalue weighted by Crippen LogP contribution is -2.08. The lowest BCUT2D eigenvalue weighted by molar-refractivity contribution is -0.129. The molecule has 0 unspecified atom stereocenters. The lowest BCUT2D eigenvalue weighted by Gasteiger charge is -2.11. The maximum atomic E-state index is 12.2. The second kappa shape index (κ2) is 10.6. The topological polar surface area (TPSA) is 51.1 Å².